The molecule has 1 aliphatic heterocycles. The highest BCUT2D eigenvalue weighted by Crippen LogP contribution is 2.40. The van der Waals surface area contributed by atoms with Crippen LogP contribution in [-0.2, 0) is 0 Å². The number of ketones is 1. The minimum atomic E-state index is -0.326. The van der Waals surface area contributed by atoms with Gasteiger partial charge in [0.2, 0.25) is 0 Å². The van der Waals surface area contributed by atoms with Crippen molar-refractivity contribution in [1.82, 2.24) is 24.8 Å². The molecule has 4 heterocycles. The van der Waals surface area contributed by atoms with Crippen LogP contribution < -0.4 is 0 Å². The minimum Gasteiger partial charge on any atom is -0.344 e. The molecule has 180 valence electrons. The zero-order chi connectivity index (χ0) is 23.9. The Balaban J connectivity index is 1.37. The molecule has 2 aliphatic rings. The normalized spacial score (nSPS) is 19.1. The topological polar surface area (TPSA) is 82.2 Å². The summed E-state index contributed by atoms with van der Waals surface area (Å²) >= 11 is 1.45. The fourth-order valence-electron chi connectivity index (χ4n) is 5.40. The van der Waals surface area contributed by atoms with Gasteiger partial charge in [-0.3, -0.25) is 9.59 Å². The summed E-state index contributed by atoms with van der Waals surface area (Å²) in [5.41, 5.74) is 2.26. The van der Waals surface area contributed by atoms with Crippen molar-refractivity contribution in [3.05, 3.63) is 35.0 Å². The first-order chi connectivity index (χ1) is 16.4. The number of hydrogen-bond donors (Lipinski definition) is 1. The standard InChI is InChI=1S/C26H33N5O2S/c1-26(11-5-4-6-12-26)23(32)18-15-27-24-22(18)29-19(16-28-24)20-7-8-21(34-20)25(33)31-13-9-17(10-14-31)30(2)3/h7-8,15-17H,4-6,9-14H2,1-3H3,(H,27,28). The first-order valence-electron chi connectivity index (χ1n) is 12.3. The zero-order valence-electron chi connectivity index (χ0n) is 20.3. The number of carbonyl (C=O) groups excluding carboxylic acids is 2. The number of hydrogen-bond acceptors (Lipinski definition) is 6. The Kier molecular flexibility index (Phi) is 6.29. The van der Waals surface area contributed by atoms with Crippen molar-refractivity contribution in [3.8, 4) is 10.6 Å². The van der Waals surface area contributed by atoms with E-state index in [1.54, 1.807) is 12.4 Å². The highest BCUT2D eigenvalue weighted by Gasteiger charge is 2.36. The average Bonchev–Trinajstić information content (AvgIpc) is 3.51. The third-order valence-electron chi connectivity index (χ3n) is 7.68. The molecule has 2 fully saturated rings. The third-order valence-corrected chi connectivity index (χ3v) is 8.78. The number of H-pyrrole nitrogens is 1. The first kappa shape index (κ1) is 23.2. The number of nitrogens with one attached hydrogen (secondary N) is 1. The lowest BCUT2D eigenvalue weighted by molar-refractivity contribution is 0.0667. The van der Waals surface area contributed by atoms with Gasteiger partial charge in [0, 0.05) is 30.7 Å². The van der Waals surface area contributed by atoms with Gasteiger partial charge in [0.05, 0.1) is 27.2 Å². The number of Topliss-reactive ketones (excluding diaryl/α,β-unsaturated/α-hetero) is 1. The summed E-state index contributed by atoms with van der Waals surface area (Å²) in [5.74, 6) is 0.248. The summed E-state index contributed by atoms with van der Waals surface area (Å²) in [4.78, 5) is 44.8. The van der Waals surface area contributed by atoms with Crippen molar-refractivity contribution in [2.75, 3.05) is 27.2 Å². The molecule has 3 aromatic rings. The van der Waals surface area contributed by atoms with E-state index in [0.717, 1.165) is 61.4 Å². The summed E-state index contributed by atoms with van der Waals surface area (Å²) in [7, 11) is 4.20. The van der Waals surface area contributed by atoms with Gasteiger partial charge in [0.25, 0.3) is 5.91 Å². The second-order valence-corrected chi connectivity index (χ2v) is 11.3. The number of carbonyl (C=O) groups is 2. The predicted molar refractivity (Wildman–Crippen MR) is 135 cm³/mol. The second kappa shape index (κ2) is 9.23. The number of piperidine rings is 1. The Morgan fingerprint density at radius 2 is 1.88 bits per heavy atom. The Morgan fingerprint density at radius 1 is 1.15 bits per heavy atom. The van der Waals surface area contributed by atoms with E-state index in [-0.39, 0.29) is 17.1 Å². The Labute approximate surface area is 204 Å². The molecular weight excluding hydrogens is 446 g/mol. The van der Waals surface area contributed by atoms with Crippen LogP contribution in [0.2, 0.25) is 0 Å². The van der Waals surface area contributed by atoms with Crippen molar-refractivity contribution in [3.63, 3.8) is 0 Å². The summed E-state index contributed by atoms with van der Waals surface area (Å²) in [6.45, 7) is 3.66. The molecule has 34 heavy (non-hydrogen) atoms. The molecule has 1 saturated carbocycles. The molecule has 1 saturated heterocycles. The molecule has 0 bridgehead atoms. The molecule has 0 aromatic carbocycles. The van der Waals surface area contributed by atoms with Crippen LogP contribution in [0.5, 0.6) is 0 Å². The molecule has 1 amide bonds. The monoisotopic (exact) mass is 479 g/mol. The van der Waals surface area contributed by atoms with E-state index in [0.29, 0.717) is 28.5 Å². The summed E-state index contributed by atoms with van der Waals surface area (Å²) < 4.78 is 0. The van der Waals surface area contributed by atoms with Crippen LogP contribution in [0.25, 0.3) is 21.7 Å². The molecular formula is C26H33N5O2S. The summed E-state index contributed by atoms with van der Waals surface area (Å²) in [6, 6.07) is 4.37. The molecule has 5 rings (SSSR count). The molecule has 3 aromatic heterocycles. The molecule has 7 nitrogen and oxygen atoms in total. The van der Waals surface area contributed by atoms with E-state index in [1.165, 1.54) is 17.8 Å². The van der Waals surface area contributed by atoms with Crippen molar-refractivity contribution in [1.29, 1.82) is 0 Å². The van der Waals surface area contributed by atoms with E-state index < -0.39 is 0 Å². The van der Waals surface area contributed by atoms with Gasteiger partial charge in [-0.15, -0.1) is 11.3 Å². The maximum absolute atomic E-state index is 13.4. The lowest BCUT2D eigenvalue weighted by Crippen LogP contribution is -2.44. The molecule has 8 heteroatoms. The van der Waals surface area contributed by atoms with Crippen molar-refractivity contribution in [2.45, 2.75) is 57.9 Å². The SMILES string of the molecule is CN(C)C1CCN(C(=O)c2ccc(-c3cnc4[nH]cc(C(=O)C5(C)CCCCC5)c4n3)s2)CC1. The van der Waals surface area contributed by atoms with Gasteiger partial charge < -0.3 is 14.8 Å². The van der Waals surface area contributed by atoms with Crippen LogP contribution in [0, 0.1) is 5.41 Å². The molecule has 0 radical (unpaired) electrons. The number of likely N-dealkylation sites (tertiary alicyclic amines) is 1. The molecule has 0 spiro atoms. The Bertz CT molecular complexity index is 1200. The fourth-order valence-corrected chi connectivity index (χ4v) is 6.33. The van der Waals surface area contributed by atoms with Gasteiger partial charge in [0.15, 0.2) is 11.4 Å². The van der Waals surface area contributed by atoms with Gasteiger partial charge >= 0.3 is 0 Å². The average molecular weight is 480 g/mol. The largest absolute Gasteiger partial charge is 0.344 e. The van der Waals surface area contributed by atoms with Crippen LogP contribution >= 0.6 is 11.3 Å². The smallest absolute Gasteiger partial charge is 0.263 e. The van der Waals surface area contributed by atoms with Crippen LogP contribution in [0.15, 0.2) is 24.5 Å². The highest BCUT2D eigenvalue weighted by molar-refractivity contribution is 7.17. The number of thiophene rings is 1. The number of fused-ring (bicyclic) bond motifs is 1. The number of aromatic amines is 1. The minimum absolute atomic E-state index is 0.0882. The number of amides is 1. The number of aromatic nitrogens is 3. The zero-order valence-corrected chi connectivity index (χ0v) is 21.1. The van der Waals surface area contributed by atoms with Crippen molar-refractivity contribution < 1.29 is 9.59 Å². The van der Waals surface area contributed by atoms with Crippen LogP contribution in [0.1, 0.15) is 71.9 Å². The molecule has 0 unspecified atom stereocenters. The quantitative estimate of drug-likeness (QED) is 0.521. The maximum Gasteiger partial charge on any atom is 0.263 e. The van der Waals surface area contributed by atoms with Crippen LogP contribution in [0.4, 0.5) is 0 Å². The maximum atomic E-state index is 13.4. The van der Waals surface area contributed by atoms with E-state index in [2.05, 4.69) is 35.9 Å². The Morgan fingerprint density at radius 3 is 2.59 bits per heavy atom. The highest BCUT2D eigenvalue weighted by atomic mass is 32.1. The van der Waals surface area contributed by atoms with Crippen LogP contribution in [0.3, 0.4) is 0 Å². The Hall–Kier alpha value is -2.58. The number of rotatable bonds is 5. The van der Waals surface area contributed by atoms with Crippen molar-refractivity contribution in [2.24, 2.45) is 5.41 Å². The number of nitrogens with zero attached hydrogens (tertiary/aromatic N) is 4. The van der Waals surface area contributed by atoms with E-state index in [1.807, 2.05) is 17.0 Å². The van der Waals surface area contributed by atoms with E-state index >= 15 is 0 Å². The lowest BCUT2D eigenvalue weighted by Gasteiger charge is -2.35. The van der Waals surface area contributed by atoms with Gasteiger partial charge in [-0.05, 0) is 51.9 Å². The van der Waals surface area contributed by atoms with Crippen LogP contribution in [-0.4, -0.2) is 69.7 Å². The molecule has 1 aliphatic carbocycles. The van der Waals surface area contributed by atoms with E-state index in [9.17, 15) is 9.59 Å². The lowest BCUT2D eigenvalue weighted by atomic mass is 9.71. The third kappa shape index (κ3) is 4.29. The van der Waals surface area contributed by atoms with Crippen molar-refractivity contribution >= 4 is 34.2 Å². The fraction of sp³-hybridized carbons (Fsp3) is 0.538. The predicted octanol–water partition coefficient (Wildman–Crippen LogP) is 5.01. The second-order valence-electron chi connectivity index (χ2n) is 10.3. The van der Waals surface area contributed by atoms with E-state index in [4.69, 9.17) is 4.98 Å². The van der Waals surface area contributed by atoms with Gasteiger partial charge in [-0.2, -0.15) is 0 Å². The van der Waals surface area contributed by atoms with Gasteiger partial charge in [-0.1, -0.05) is 26.2 Å². The van der Waals surface area contributed by atoms with Gasteiger partial charge in [-0.25, -0.2) is 9.97 Å². The summed E-state index contributed by atoms with van der Waals surface area (Å²) in [5, 5.41) is 0. The summed E-state index contributed by atoms with van der Waals surface area (Å²) in [6.07, 6.45) is 10.7. The van der Waals surface area contributed by atoms with Gasteiger partial charge in [0.1, 0.15) is 5.52 Å². The first-order valence-corrected chi connectivity index (χ1v) is 13.1. The molecule has 0 atom stereocenters. The molecule has 1 N–H and O–H groups in total.